The van der Waals surface area contributed by atoms with Gasteiger partial charge in [-0.05, 0) is 51.0 Å². The second kappa shape index (κ2) is 6.64. The maximum Gasteiger partial charge on any atom is 0.293 e. The number of benzene rings is 1. The number of aryl methyl sites for hydroxylation is 3. The molecular weight excluding hydrogens is 340 g/mol. The molecule has 4 rings (SSSR count). The summed E-state index contributed by atoms with van der Waals surface area (Å²) in [6.07, 6.45) is 0. The molecule has 2 aromatic heterocycles. The van der Waals surface area contributed by atoms with E-state index < -0.39 is 0 Å². The molecule has 0 radical (unpaired) electrons. The largest absolute Gasteiger partial charge is 0.368 e. The van der Waals surface area contributed by atoms with Crippen molar-refractivity contribution in [3.05, 3.63) is 52.6 Å². The SMILES string of the molecule is Cc1cc(C)n2nc(C(=O)N3CCN(c4cccc(C)c4C)CC3)nc2n1. The van der Waals surface area contributed by atoms with Gasteiger partial charge in [0.25, 0.3) is 11.7 Å². The van der Waals surface area contributed by atoms with Crippen LogP contribution in [0.25, 0.3) is 5.78 Å². The van der Waals surface area contributed by atoms with Gasteiger partial charge in [-0.2, -0.15) is 4.98 Å². The Morgan fingerprint density at radius 2 is 1.74 bits per heavy atom. The molecule has 1 aliphatic heterocycles. The third kappa shape index (κ3) is 3.13. The lowest BCUT2D eigenvalue weighted by atomic mass is 10.1. The van der Waals surface area contributed by atoms with Crippen molar-refractivity contribution in [1.29, 1.82) is 0 Å². The van der Waals surface area contributed by atoms with Gasteiger partial charge in [-0.3, -0.25) is 4.79 Å². The number of rotatable bonds is 2. The Hall–Kier alpha value is -2.96. The van der Waals surface area contributed by atoms with Crippen LogP contribution in [0.5, 0.6) is 0 Å². The average Bonchev–Trinajstić information content (AvgIpc) is 3.08. The molecule has 0 aliphatic carbocycles. The lowest BCUT2D eigenvalue weighted by Crippen LogP contribution is -2.49. The molecule has 3 heterocycles. The summed E-state index contributed by atoms with van der Waals surface area (Å²) in [5.41, 5.74) is 5.63. The summed E-state index contributed by atoms with van der Waals surface area (Å²) in [5, 5.41) is 4.37. The average molecular weight is 364 g/mol. The van der Waals surface area contributed by atoms with E-state index >= 15 is 0 Å². The lowest BCUT2D eigenvalue weighted by Gasteiger charge is -2.36. The quantitative estimate of drug-likeness (QED) is 0.698. The molecule has 0 atom stereocenters. The molecule has 27 heavy (non-hydrogen) atoms. The number of carbonyl (C=O) groups excluding carboxylic acids is 1. The van der Waals surface area contributed by atoms with Crippen LogP contribution < -0.4 is 4.90 Å². The zero-order chi connectivity index (χ0) is 19.1. The molecule has 0 unspecified atom stereocenters. The smallest absolute Gasteiger partial charge is 0.293 e. The van der Waals surface area contributed by atoms with Crippen molar-refractivity contribution >= 4 is 17.4 Å². The van der Waals surface area contributed by atoms with E-state index in [9.17, 15) is 4.79 Å². The minimum Gasteiger partial charge on any atom is -0.368 e. The molecule has 0 bridgehead atoms. The van der Waals surface area contributed by atoms with E-state index in [1.54, 1.807) is 4.52 Å². The number of piperazine rings is 1. The van der Waals surface area contributed by atoms with Gasteiger partial charge in [0.05, 0.1) is 0 Å². The summed E-state index contributed by atoms with van der Waals surface area (Å²) in [4.78, 5) is 25.8. The fourth-order valence-electron chi connectivity index (χ4n) is 3.63. The van der Waals surface area contributed by atoms with Crippen LogP contribution in [0.1, 0.15) is 33.1 Å². The molecule has 1 saturated heterocycles. The Kier molecular flexibility index (Phi) is 4.30. The topological polar surface area (TPSA) is 66.6 Å². The summed E-state index contributed by atoms with van der Waals surface area (Å²) in [6, 6.07) is 8.30. The Labute approximate surface area is 158 Å². The Bertz CT molecular complexity index is 1020. The maximum atomic E-state index is 12.9. The number of nitrogens with zero attached hydrogens (tertiary/aromatic N) is 6. The maximum absolute atomic E-state index is 12.9. The molecule has 3 aromatic rings. The van der Waals surface area contributed by atoms with Gasteiger partial charge in [-0.1, -0.05) is 12.1 Å². The predicted molar refractivity (Wildman–Crippen MR) is 104 cm³/mol. The summed E-state index contributed by atoms with van der Waals surface area (Å²) >= 11 is 0. The normalized spacial score (nSPS) is 14.8. The molecule has 1 fully saturated rings. The lowest BCUT2D eigenvalue weighted by molar-refractivity contribution is 0.0734. The van der Waals surface area contributed by atoms with Crippen LogP contribution in [0.15, 0.2) is 24.3 Å². The summed E-state index contributed by atoms with van der Waals surface area (Å²) in [5.74, 6) is 0.569. The van der Waals surface area contributed by atoms with Crippen molar-refractivity contribution in [3.63, 3.8) is 0 Å². The minimum absolute atomic E-state index is 0.127. The second-order valence-corrected chi connectivity index (χ2v) is 7.18. The van der Waals surface area contributed by atoms with Crippen molar-refractivity contribution in [1.82, 2.24) is 24.5 Å². The minimum atomic E-state index is -0.127. The van der Waals surface area contributed by atoms with Crippen LogP contribution in [0, 0.1) is 27.7 Å². The zero-order valence-corrected chi connectivity index (χ0v) is 16.2. The van der Waals surface area contributed by atoms with Crippen molar-refractivity contribution < 1.29 is 4.79 Å². The van der Waals surface area contributed by atoms with Crippen LogP contribution in [-0.2, 0) is 0 Å². The van der Waals surface area contributed by atoms with E-state index in [1.807, 2.05) is 24.8 Å². The highest BCUT2D eigenvalue weighted by atomic mass is 16.2. The van der Waals surface area contributed by atoms with Gasteiger partial charge >= 0.3 is 0 Å². The van der Waals surface area contributed by atoms with E-state index in [0.717, 1.165) is 24.5 Å². The summed E-state index contributed by atoms with van der Waals surface area (Å²) in [7, 11) is 0. The number of anilines is 1. The third-order valence-corrected chi connectivity index (χ3v) is 5.29. The zero-order valence-electron chi connectivity index (χ0n) is 16.2. The van der Waals surface area contributed by atoms with Gasteiger partial charge in [0.15, 0.2) is 0 Å². The first-order valence-electron chi connectivity index (χ1n) is 9.25. The van der Waals surface area contributed by atoms with Crippen molar-refractivity contribution in [3.8, 4) is 0 Å². The molecular formula is C20H24N6O. The Morgan fingerprint density at radius 1 is 1.00 bits per heavy atom. The molecule has 1 aromatic carbocycles. The van der Waals surface area contributed by atoms with E-state index in [2.05, 4.69) is 52.0 Å². The van der Waals surface area contributed by atoms with Gasteiger partial charge in [-0.25, -0.2) is 9.50 Å². The second-order valence-electron chi connectivity index (χ2n) is 7.18. The van der Waals surface area contributed by atoms with Crippen molar-refractivity contribution in [2.24, 2.45) is 0 Å². The standard InChI is InChI=1S/C20H24N6O/c1-13-6-5-7-17(16(13)4)24-8-10-25(11-9-24)19(27)18-22-20-21-14(2)12-15(3)26(20)23-18/h5-7,12H,8-11H2,1-4H3. The number of aromatic nitrogens is 4. The van der Waals surface area contributed by atoms with Crippen molar-refractivity contribution in [2.75, 3.05) is 31.1 Å². The van der Waals surface area contributed by atoms with E-state index in [1.165, 1.54) is 16.8 Å². The first-order chi connectivity index (χ1) is 12.9. The van der Waals surface area contributed by atoms with Gasteiger partial charge in [-0.15, -0.1) is 5.10 Å². The molecule has 140 valence electrons. The molecule has 1 aliphatic rings. The molecule has 7 heteroatoms. The van der Waals surface area contributed by atoms with Crippen LogP contribution in [0.3, 0.4) is 0 Å². The highest BCUT2D eigenvalue weighted by Gasteiger charge is 2.26. The Morgan fingerprint density at radius 3 is 2.48 bits per heavy atom. The molecule has 0 N–H and O–H groups in total. The molecule has 0 spiro atoms. The number of amides is 1. The monoisotopic (exact) mass is 364 g/mol. The van der Waals surface area contributed by atoms with E-state index in [-0.39, 0.29) is 11.7 Å². The van der Waals surface area contributed by atoms with E-state index in [4.69, 9.17) is 0 Å². The first kappa shape index (κ1) is 17.5. The van der Waals surface area contributed by atoms with Crippen molar-refractivity contribution in [2.45, 2.75) is 27.7 Å². The van der Waals surface area contributed by atoms with Gasteiger partial charge in [0, 0.05) is 43.3 Å². The third-order valence-electron chi connectivity index (χ3n) is 5.29. The Balaban J connectivity index is 1.50. The van der Waals surface area contributed by atoms with E-state index in [0.29, 0.717) is 18.9 Å². The number of fused-ring (bicyclic) bond motifs is 1. The van der Waals surface area contributed by atoms with Gasteiger partial charge < -0.3 is 9.80 Å². The molecule has 0 saturated carbocycles. The number of hydrogen-bond acceptors (Lipinski definition) is 5. The van der Waals surface area contributed by atoms with Gasteiger partial charge in [0.1, 0.15) is 0 Å². The first-order valence-corrected chi connectivity index (χ1v) is 9.25. The highest BCUT2D eigenvalue weighted by Crippen LogP contribution is 2.24. The molecule has 1 amide bonds. The fraction of sp³-hybridized carbons (Fsp3) is 0.400. The summed E-state index contributed by atoms with van der Waals surface area (Å²) < 4.78 is 1.63. The highest BCUT2D eigenvalue weighted by molar-refractivity contribution is 5.91. The summed E-state index contributed by atoms with van der Waals surface area (Å²) in [6.45, 7) is 11.1. The van der Waals surface area contributed by atoms with Gasteiger partial charge in [0.2, 0.25) is 5.82 Å². The number of hydrogen-bond donors (Lipinski definition) is 0. The number of carbonyl (C=O) groups is 1. The van der Waals surface area contributed by atoms with Crippen LogP contribution in [0.4, 0.5) is 5.69 Å². The predicted octanol–water partition coefficient (Wildman–Crippen LogP) is 2.32. The van der Waals surface area contributed by atoms with Crippen LogP contribution in [0.2, 0.25) is 0 Å². The fourth-order valence-corrected chi connectivity index (χ4v) is 3.63. The van der Waals surface area contributed by atoms with Crippen LogP contribution in [-0.4, -0.2) is 56.6 Å². The molecule has 7 nitrogen and oxygen atoms in total. The van der Waals surface area contributed by atoms with Crippen LogP contribution >= 0.6 is 0 Å².